The predicted octanol–water partition coefficient (Wildman–Crippen LogP) is 4.77. The molecule has 0 spiro atoms. The fraction of sp³-hybridized carbons (Fsp3) is 0.381. The summed E-state index contributed by atoms with van der Waals surface area (Å²) in [5.41, 5.74) is 0.413. The number of rotatable bonds is 5. The van der Waals surface area contributed by atoms with E-state index in [1.165, 1.54) is 12.1 Å². The van der Waals surface area contributed by atoms with Gasteiger partial charge in [0.1, 0.15) is 0 Å². The van der Waals surface area contributed by atoms with Crippen LogP contribution in [-0.2, 0) is 17.5 Å². The van der Waals surface area contributed by atoms with Crippen molar-refractivity contribution in [2.24, 2.45) is 5.92 Å². The lowest BCUT2D eigenvalue weighted by Gasteiger charge is -2.32. The highest BCUT2D eigenvalue weighted by molar-refractivity contribution is 5.94. The maximum atomic E-state index is 12.8. The first-order valence-electron chi connectivity index (χ1n) is 9.01. The molecule has 0 atom stereocenters. The Bertz CT molecular complexity index is 754. The number of nitrogens with zero attached hydrogens (tertiary/aromatic N) is 1. The van der Waals surface area contributed by atoms with Gasteiger partial charge in [-0.1, -0.05) is 36.4 Å². The van der Waals surface area contributed by atoms with Gasteiger partial charge in [0, 0.05) is 25.3 Å². The molecule has 1 heterocycles. The molecular formula is C21H22F3NO2. The summed E-state index contributed by atoms with van der Waals surface area (Å²) in [6, 6.07) is 14.5. The van der Waals surface area contributed by atoms with Crippen LogP contribution in [0, 0.1) is 5.92 Å². The van der Waals surface area contributed by atoms with E-state index < -0.39 is 11.7 Å². The summed E-state index contributed by atoms with van der Waals surface area (Å²) in [7, 11) is 0. The number of carbonyl (C=O) groups excluding carboxylic acids is 1. The highest BCUT2D eigenvalue weighted by Crippen LogP contribution is 2.30. The number of hydrogen-bond acceptors (Lipinski definition) is 2. The van der Waals surface area contributed by atoms with Gasteiger partial charge in [-0.15, -0.1) is 0 Å². The number of benzene rings is 2. The van der Waals surface area contributed by atoms with E-state index in [4.69, 9.17) is 4.74 Å². The van der Waals surface area contributed by atoms with Crippen LogP contribution in [0.15, 0.2) is 54.6 Å². The Labute approximate surface area is 156 Å². The van der Waals surface area contributed by atoms with E-state index in [0.717, 1.165) is 30.5 Å². The lowest BCUT2D eigenvalue weighted by atomic mass is 9.97. The second-order valence-electron chi connectivity index (χ2n) is 6.81. The summed E-state index contributed by atoms with van der Waals surface area (Å²) in [5.74, 6) is 0.0176. The molecule has 2 aromatic carbocycles. The summed E-state index contributed by atoms with van der Waals surface area (Å²) in [6.07, 6.45) is -2.86. The van der Waals surface area contributed by atoms with E-state index in [1.54, 1.807) is 4.90 Å². The first-order valence-corrected chi connectivity index (χ1v) is 9.01. The van der Waals surface area contributed by atoms with Gasteiger partial charge in [0.2, 0.25) is 0 Å². The Morgan fingerprint density at radius 1 is 1.04 bits per heavy atom. The number of carbonyl (C=O) groups is 1. The Kier molecular flexibility index (Phi) is 6.16. The summed E-state index contributed by atoms with van der Waals surface area (Å²) in [6.45, 7) is 2.26. The van der Waals surface area contributed by atoms with Crippen molar-refractivity contribution in [3.8, 4) is 0 Å². The number of hydrogen-bond donors (Lipinski definition) is 0. The molecule has 3 nitrogen and oxygen atoms in total. The molecule has 3 rings (SSSR count). The van der Waals surface area contributed by atoms with Gasteiger partial charge < -0.3 is 9.64 Å². The zero-order valence-electron chi connectivity index (χ0n) is 14.9. The Balaban J connectivity index is 1.48. The minimum Gasteiger partial charge on any atom is -0.376 e. The average Bonchev–Trinajstić information content (AvgIpc) is 2.68. The third-order valence-electron chi connectivity index (χ3n) is 4.80. The van der Waals surface area contributed by atoms with Gasteiger partial charge in [-0.25, -0.2) is 0 Å². The predicted molar refractivity (Wildman–Crippen MR) is 96.2 cm³/mol. The zero-order valence-corrected chi connectivity index (χ0v) is 14.9. The van der Waals surface area contributed by atoms with Gasteiger partial charge in [0.05, 0.1) is 12.2 Å². The molecule has 1 amide bonds. The number of ether oxygens (including phenoxy) is 1. The molecule has 0 N–H and O–H groups in total. The van der Waals surface area contributed by atoms with E-state index in [2.05, 4.69) is 0 Å². The summed E-state index contributed by atoms with van der Waals surface area (Å²) in [4.78, 5) is 14.1. The van der Waals surface area contributed by atoms with Crippen molar-refractivity contribution in [1.82, 2.24) is 4.90 Å². The topological polar surface area (TPSA) is 29.5 Å². The summed E-state index contributed by atoms with van der Waals surface area (Å²) in [5, 5.41) is 0. The van der Waals surface area contributed by atoms with Crippen LogP contribution in [0.1, 0.15) is 34.3 Å². The minimum atomic E-state index is -4.45. The van der Waals surface area contributed by atoms with Crippen LogP contribution in [-0.4, -0.2) is 30.5 Å². The molecule has 1 saturated heterocycles. The summed E-state index contributed by atoms with van der Waals surface area (Å²) >= 11 is 0. The van der Waals surface area contributed by atoms with Crippen LogP contribution < -0.4 is 0 Å². The standard InChI is InChI=1S/C21H22F3NO2/c22-21(23,24)19-8-4-7-18(13-19)20(26)25-11-9-17(10-12-25)15-27-14-16-5-2-1-3-6-16/h1-8,13,17H,9-12,14-15H2. The molecule has 0 aliphatic carbocycles. The molecule has 1 aliphatic heterocycles. The zero-order chi connectivity index (χ0) is 19.3. The van der Waals surface area contributed by atoms with Crippen LogP contribution in [0.5, 0.6) is 0 Å². The molecule has 1 fully saturated rings. The second-order valence-corrected chi connectivity index (χ2v) is 6.81. The van der Waals surface area contributed by atoms with Crippen LogP contribution in [0.2, 0.25) is 0 Å². The van der Waals surface area contributed by atoms with Crippen molar-refractivity contribution in [1.29, 1.82) is 0 Å². The highest BCUT2D eigenvalue weighted by atomic mass is 19.4. The van der Waals surface area contributed by atoms with Gasteiger partial charge in [0.15, 0.2) is 0 Å². The number of piperidine rings is 1. The van der Waals surface area contributed by atoms with Gasteiger partial charge in [-0.2, -0.15) is 13.2 Å². The van der Waals surface area contributed by atoms with E-state index in [9.17, 15) is 18.0 Å². The van der Waals surface area contributed by atoms with Crippen LogP contribution >= 0.6 is 0 Å². The van der Waals surface area contributed by atoms with Gasteiger partial charge >= 0.3 is 6.18 Å². The first-order chi connectivity index (χ1) is 12.9. The second kappa shape index (κ2) is 8.57. The highest BCUT2D eigenvalue weighted by Gasteiger charge is 2.31. The van der Waals surface area contributed by atoms with E-state index in [0.29, 0.717) is 32.2 Å². The fourth-order valence-electron chi connectivity index (χ4n) is 3.23. The van der Waals surface area contributed by atoms with E-state index in [1.807, 2.05) is 30.3 Å². The third-order valence-corrected chi connectivity index (χ3v) is 4.80. The molecule has 2 aromatic rings. The van der Waals surface area contributed by atoms with Crippen molar-refractivity contribution in [2.75, 3.05) is 19.7 Å². The minimum absolute atomic E-state index is 0.0867. The third kappa shape index (κ3) is 5.32. The summed E-state index contributed by atoms with van der Waals surface area (Å²) < 4.78 is 44.2. The van der Waals surface area contributed by atoms with Crippen molar-refractivity contribution < 1.29 is 22.7 Å². The normalized spacial score (nSPS) is 15.7. The number of likely N-dealkylation sites (tertiary alicyclic amines) is 1. The van der Waals surface area contributed by atoms with E-state index in [-0.39, 0.29) is 11.5 Å². The van der Waals surface area contributed by atoms with Crippen molar-refractivity contribution in [3.05, 3.63) is 71.3 Å². The quantitative estimate of drug-likeness (QED) is 0.751. The van der Waals surface area contributed by atoms with Gasteiger partial charge in [-0.05, 0) is 42.5 Å². The smallest absolute Gasteiger partial charge is 0.376 e. The lowest BCUT2D eigenvalue weighted by molar-refractivity contribution is -0.137. The molecule has 0 aromatic heterocycles. The molecule has 6 heteroatoms. The molecule has 0 saturated carbocycles. The number of alkyl halides is 3. The van der Waals surface area contributed by atoms with Crippen molar-refractivity contribution >= 4 is 5.91 Å². The molecule has 0 bridgehead atoms. The number of amides is 1. The molecule has 0 unspecified atom stereocenters. The molecule has 27 heavy (non-hydrogen) atoms. The molecule has 144 valence electrons. The SMILES string of the molecule is O=C(c1cccc(C(F)(F)F)c1)N1CCC(COCc2ccccc2)CC1. The molecule has 0 radical (unpaired) electrons. The maximum Gasteiger partial charge on any atom is 0.416 e. The molecule has 1 aliphatic rings. The van der Waals surface area contributed by atoms with Gasteiger partial charge in [-0.3, -0.25) is 4.79 Å². The Hall–Kier alpha value is -2.34. The van der Waals surface area contributed by atoms with E-state index >= 15 is 0 Å². The van der Waals surface area contributed by atoms with Crippen LogP contribution in [0.25, 0.3) is 0 Å². The average molecular weight is 377 g/mol. The maximum absolute atomic E-state index is 12.8. The van der Waals surface area contributed by atoms with Crippen LogP contribution in [0.3, 0.4) is 0 Å². The Morgan fingerprint density at radius 2 is 1.74 bits per heavy atom. The van der Waals surface area contributed by atoms with Gasteiger partial charge in [0.25, 0.3) is 5.91 Å². The fourth-order valence-corrected chi connectivity index (χ4v) is 3.23. The molecular weight excluding hydrogens is 355 g/mol. The monoisotopic (exact) mass is 377 g/mol. The largest absolute Gasteiger partial charge is 0.416 e. The Morgan fingerprint density at radius 3 is 2.41 bits per heavy atom. The first kappa shape index (κ1) is 19.4. The van der Waals surface area contributed by atoms with Crippen LogP contribution in [0.4, 0.5) is 13.2 Å². The number of halogens is 3. The van der Waals surface area contributed by atoms with Crippen molar-refractivity contribution in [3.63, 3.8) is 0 Å². The lowest BCUT2D eigenvalue weighted by Crippen LogP contribution is -2.39. The van der Waals surface area contributed by atoms with Crippen molar-refractivity contribution in [2.45, 2.75) is 25.6 Å².